The summed E-state index contributed by atoms with van der Waals surface area (Å²) in [6, 6.07) is 1.55. The molecule has 1 fully saturated rings. The van der Waals surface area contributed by atoms with Crippen LogP contribution in [0.5, 0.6) is 0 Å². The smallest absolute Gasteiger partial charge is 0.00931 e. The van der Waals surface area contributed by atoms with Crippen molar-refractivity contribution in [3.63, 3.8) is 0 Å². The van der Waals surface area contributed by atoms with Crippen molar-refractivity contribution in [2.75, 3.05) is 0 Å². The third kappa shape index (κ3) is 1.68. The number of rotatable bonds is 1. The van der Waals surface area contributed by atoms with E-state index < -0.39 is 0 Å². The van der Waals surface area contributed by atoms with Crippen LogP contribution in [0.25, 0.3) is 0 Å². The highest BCUT2D eigenvalue weighted by Crippen LogP contribution is 2.17. The largest absolute Gasteiger partial charge is 0.311 e. The van der Waals surface area contributed by atoms with Gasteiger partial charge in [-0.3, -0.25) is 0 Å². The Labute approximate surface area is 57.8 Å². The second-order valence-electron chi connectivity index (χ2n) is 3.50. The van der Waals surface area contributed by atoms with E-state index in [1.165, 1.54) is 12.8 Å². The molecule has 0 radical (unpaired) electrons. The summed E-state index contributed by atoms with van der Waals surface area (Å²) in [5.41, 5.74) is 0. The Kier molecular flexibility index (Phi) is 2.12. The van der Waals surface area contributed by atoms with Crippen LogP contribution in [-0.4, -0.2) is 12.1 Å². The molecule has 0 bridgehead atoms. The highest BCUT2D eigenvalue weighted by atomic mass is 15.0. The summed E-state index contributed by atoms with van der Waals surface area (Å²) in [4.78, 5) is 0. The predicted molar refractivity (Wildman–Crippen MR) is 40.5 cm³/mol. The Hall–Kier alpha value is -0.0400. The normalized spacial score (nSPS) is 36.0. The van der Waals surface area contributed by atoms with E-state index in [1.807, 2.05) is 0 Å². The van der Waals surface area contributed by atoms with Crippen molar-refractivity contribution in [1.29, 1.82) is 0 Å². The molecule has 54 valence electrons. The Balaban J connectivity index is 2.30. The highest BCUT2D eigenvalue weighted by molar-refractivity contribution is 4.82. The molecule has 1 heteroatoms. The lowest BCUT2D eigenvalue weighted by atomic mass is 10.0. The van der Waals surface area contributed by atoms with E-state index in [2.05, 4.69) is 26.1 Å². The molecule has 1 aliphatic rings. The topological polar surface area (TPSA) is 12.0 Å². The summed E-state index contributed by atoms with van der Waals surface area (Å²) in [5, 5.41) is 3.55. The van der Waals surface area contributed by atoms with Crippen LogP contribution in [0.3, 0.4) is 0 Å². The van der Waals surface area contributed by atoms with E-state index in [0.29, 0.717) is 0 Å². The van der Waals surface area contributed by atoms with Crippen LogP contribution >= 0.6 is 0 Å². The minimum atomic E-state index is 0.761. The fourth-order valence-electron chi connectivity index (χ4n) is 1.49. The Bertz CT molecular complexity index is 88.6. The van der Waals surface area contributed by atoms with Crippen LogP contribution in [0.15, 0.2) is 0 Å². The van der Waals surface area contributed by atoms with E-state index in [0.717, 1.165) is 18.0 Å². The quantitative estimate of drug-likeness (QED) is 0.566. The average molecular weight is 127 g/mol. The molecule has 2 atom stereocenters. The first kappa shape index (κ1) is 7.07. The van der Waals surface area contributed by atoms with Crippen molar-refractivity contribution >= 4 is 0 Å². The monoisotopic (exact) mass is 127 g/mol. The molecular weight excluding hydrogens is 110 g/mol. The molecule has 0 amide bonds. The van der Waals surface area contributed by atoms with Gasteiger partial charge in [-0.05, 0) is 25.7 Å². The maximum Gasteiger partial charge on any atom is 0.00931 e. The van der Waals surface area contributed by atoms with Crippen molar-refractivity contribution in [3.05, 3.63) is 0 Å². The van der Waals surface area contributed by atoms with Crippen LogP contribution in [0.2, 0.25) is 0 Å². The lowest BCUT2D eigenvalue weighted by Gasteiger charge is -2.14. The van der Waals surface area contributed by atoms with E-state index >= 15 is 0 Å². The van der Waals surface area contributed by atoms with Gasteiger partial charge < -0.3 is 5.32 Å². The maximum absolute atomic E-state index is 3.55. The molecule has 9 heavy (non-hydrogen) atoms. The molecule has 1 heterocycles. The minimum Gasteiger partial charge on any atom is -0.311 e. The average Bonchev–Trinajstić information content (AvgIpc) is 2.14. The summed E-state index contributed by atoms with van der Waals surface area (Å²) >= 11 is 0. The zero-order valence-electron chi connectivity index (χ0n) is 6.65. The number of nitrogens with one attached hydrogen (secondary N) is 1. The van der Waals surface area contributed by atoms with Crippen LogP contribution in [0, 0.1) is 5.92 Å². The van der Waals surface area contributed by atoms with Crippen LogP contribution in [0.1, 0.15) is 33.6 Å². The van der Waals surface area contributed by atoms with Gasteiger partial charge in [0.25, 0.3) is 0 Å². The summed E-state index contributed by atoms with van der Waals surface area (Å²) in [5.74, 6) is 0.815. The van der Waals surface area contributed by atoms with Gasteiger partial charge >= 0.3 is 0 Å². The molecule has 0 aromatic heterocycles. The Morgan fingerprint density at radius 3 is 2.22 bits per heavy atom. The summed E-state index contributed by atoms with van der Waals surface area (Å²) in [7, 11) is 0. The molecular formula is C8H17N. The molecule has 0 spiro atoms. The minimum absolute atomic E-state index is 0.761. The summed E-state index contributed by atoms with van der Waals surface area (Å²) < 4.78 is 0. The van der Waals surface area contributed by atoms with Crippen LogP contribution in [0.4, 0.5) is 0 Å². The highest BCUT2D eigenvalue weighted by Gasteiger charge is 2.21. The first-order valence-electron chi connectivity index (χ1n) is 3.96. The number of hydrogen-bond donors (Lipinski definition) is 1. The van der Waals surface area contributed by atoms with Gasteiger partial charge in [0, 0.05) is 12.1 Å². The molecule has 1 saturated heterocycles. The first-order chi connectivity index (χ1) is 4.20. The standard InChI is InChI=1S/C8H17N/c1-6(2)8-5-4-7(3)9-8/h6-9H,4-5H2,1-3H3/t7-,8-/m0/s1. The molecule has 1 N–H and O–H groups in total. The van der Waals surface area contributed by atoms with Crippen LogP contribution < -0.4 is 5.32 Å². The fourth-order valence-corrected chi connectivity index (χ4v) is 1.49. The summed E-state index contributed by atoms with van der Waals surface area (Å²) in [6.07, 6.45) is 2.74. The second-order valence-corrected chi connectivity index (χ2v) is 3.50. The lowest BCUT2D eigenvalue weighted by Crippen LogP contribution is -2.31. The van der Waals surface area contributed by atoms with E-state index in [-0.39, 0.29) is 0 Å². The van der Waals surface area contributed by atoms with Crippen molar-refractivity contribution in [2.45, 2.75) is 45.7 Å². The van der Waals surface area contributed by atoms with Gasteiger partial charge in [0.2, 0.25) is 0 Å². The van der Waals surface area contributed by atoms with E-state index in [1.54, 1.807) is 0 Å². The molecule has 0 aromatic carbocycles. The molecule has 0 unspecified atom stereocenters. The zero-order valence-corrected chi connectivity index (χ0v) is 6.65. The third-order valence-corrected chi connectivity index (χ3v) is 2.21. The molecule has 0 saturated carbocycles. The number of hydrogen-bond acceptors (Lipinski definition) is 1. The molecule has 0 aromatic rings. The van der Waals surface area contributed by atoms with Crippen molar-refractivity contribution in [2.24, 2.45) is 5.92 Å². The van der Waals surface area contributed by atoms with Gasteiger partial charge in [0.15, 0.2) is 0 Å². The van der Waals surface area contributed by atoms with Crippen molar-refractivity contribution in [3.8, 4) is 0 Å². The van der Waals surface area contributed by atoms with Crippen molar-refractivity contribution in [1.82, 2.24) is 5.32 Å². The molecule has 1 aliphatic heterocycles. The summed E-state index contributed by atoms with van der Waals surface area (Å²) in [6.45, 7) is 6.84. The third-order valence-electron chi connectivity index (χ3n) is 2.21. The Morgan fingerprint density at radius 1 is 1.33 bits per heavy atom. The van der Waals surface area contributed by atoms with Gasteiger partial charge in [0.05, 0.1) is 0 Å². The lowest BCUT2D eigenvalue weighted by molar-refractivity contribution is 0.436. The zero-order chi connectivity index (χ0) is 6.85. The van der Waals surface area contributed by atoms with E-state index in [4.69, 9.17) is 0 Å². The molecule has 1 nitrogen and oxygen atoms in total. The SMILES string of the molecule is CC(C)[C@@H]1CC[C@H](C)N1. The molecule has 1 rings (SSSR count). The van der Waals surface area contributed by atoms with Gasteiger partial charge in [-0.1, -0.05) is 13.8 Å². The fraction of sp³-hybridized carbons (Fsp3) is 1.00. The van der Waals surface area contributed by atoms with E-state index in [9.17, 15) is 0 Å². The van der Waals surface area contributed by atoms with Crippen LogP contribution in [-0.2, 0) is 0 Å². The van der Waals surface area contributed by atoms with Crippen molar-refractivity contribution < 1.29 is 0 Å². The predicted octanol–water partition coefficient (Wildman–Crippen LogP) is 1.78. The second kappa shape index (κ2) is 2.70. The maximum atomic E-state index is 3.55. The van der Waals surface area contributed by atoms with Gasteiger partial charge in [-0.2, -0.15) is 0 Å². The first-order valence-corrected chi connectivity index (χ1v) is 3.96. The van der Waals surface area contributed by atoms with Gasteiger partial charge in [-0.25, -0.2) is 0 Å². The van der Waals surface area contributed by atoms with Gasteiger partial charge in [-0.15, -0.1) is 0 Å². The molecule has 0 aliphatic carbocycles. The Morgan fingerprint density at radius 2 is 2.00 bits per heavy atom. The van der Waals surface area contributed by atoms with Gasteiger partial charge in [0.1, 0.15) is 0 Å².